The molecule has 0 atom stereocenters. The van der Waals surface area contributed by atoms with Crippen molar-refractivity contribution in [2.75, 3.05) is 37.6 Å². The summed E-state index contributed by atoms with van der Waals surface area (Å²) in [6.07, 6.45) is 7.40. The number of H-pyrrole nitrogens is 1. The molecule has 1 aromatic heterocycles. The summed E-state index contributed by atoms with van der Waals surface area (Å²) in [5.74, 6) is 0.572. The number of rotatable bonds is 5. The number of anilines is 1. The van der Waals surface area contributed by atoms with Crippen molar-refractivity contribution in [3.05, 3.63) is 47.0 Å². The van der Waals surface area contributed by atoms with Crippen molar-refractivity contribution < 1.29 is 14.0 Å². The standard InChI is InChI=1S/C25H32FN5O2/c26-19-6-8-20(9-7-19)29-13-15-30(16-14-29)25(33)24-21-17-31(12-11-22(21)27-28-24)23(32)10-5-18-3-1-2-4-18/h6-9,18H,1-5,10-17H2,(H,27,28). The normalized spacial score (nSPS) is 19.1. The van der Waals surface area contributed by atoms with Crippen LogP contribution in [0.3, 0.4) is 0 Å². The Hall–Kier alpha value is -2.90. The van der Waals surface area contributed by atoms with Gasteiger partial charge in [0.2, 0.25) is 5.91 Å². The summed E-state index contributed by atoms with van der Waals surface area (Å²) < 4.78 is 13.2. The average Bonchev–Trinajstić information content (AvgIpc) is 3.52. The summed E-state index contributed by atoms with van der Waals surface area (Å²) in [4.78, 5) is 32.0. The highest BCUT2D eigenvalue weighted by molar-refractivity contribution is 5.94. The van der Waals surface area contributed by atoms with Crippen molar-refractivity contribution in [1.29, 1.82) is 0 Å². The number of benzene rings is 1. The number of aromatic nitrogens is 2. The van der Waals surface area contributed by atoms with Gasteiger partial charge in [-0.25, -0.2) is 4.39 Å². The maximum atomic E-state index is 13.3. The molecule has 0 radical (unpaired) electrons. The van der Waals surface area contributed by atoms with E-state index in [0.717, 1.165) is 23.4 Å². The van der Waals surface area contributed by atoms with Crippen molar-refractivity contribution in [1.82, 2.24) is 20.0 Å². The first kappa shape index (κ1) is 21.9. The van der Waals surface area contributed by atoms with Crippen LogP contribution in [-0.2, 0) is 17.8 Å². The van der Waals surface area contributed by atoms with Gasteiger partial charge in [-0.1, -0.05) is 25.7 Å². The molecule has 2 fully saturated rings. The molecule has 0 spiro atoms. The van der Waals surface area contributed by atoms with Crippen molar-refractivity contribution in [3.8, 4) is 0 Å². The fraction of sp³-hybridized carbons (Fsp3) is 0.560. The van der Waals surface area contributed by atoms with Gasteiger partial charge in [-0.2, -0.15) is 5.10 Å². The van der Waals surface area contributed by atoms with Gasteiger partial charge in [0.1, 0.15) is 5.82 Å². The first-order chi connectivity index (χ1) is 16.1. The number of fused-ring (bicyclic) bond motifs is 1. The van der Waals surface area contributed by atoms with E-state index in [1.807, 2.05) is 9.80 Å². The molecule has 7 nitrogen and oxygen atoms in total. The Morgan fingerprint density at radius 3 is 2.45 bits per heavy atom. The van der Waals surface area contributed by atoms with Gasteiger partial charge in [-0.15, -0.1) is 0 Å². The van der Waals surface area contributed by atoms with Gasteiger partial charge in [-0.3, -0.25) is 14.7 Å². The Morgan fingerprint density at radius 1 is 1.00 bits per heavy atom. The van der Waals surface area contributed by atoms with Crippen molar-refractivity contribution in [2.45, 2.75) is 51.5 Å². The monoisotopic (exact) mass is 453 g/mol. The molecular formula is C25H32FN5O2. The van der Waals surface area contributed by atoms with E-state index in [-0.39, 0.29) is 17.6 Å². The van der Waals surface area contributed by atoms with E-state index in [1.54, 1.807) is 12.1 Å². The maximum Gasteiger partial charge on any atom is 0.274 e. The summed E-state index contributed by atoms with van der Waals surface area (Å²) >= 11 is 0. The van der Waals surface area contributed by atoms with Crippen LogP contribution >= 0.6 is 0 Å². The van der Waals surface area contributed by atoms with Gasteiger partial charge in [0.15, 0.2) is 5.69 Å². The van der Waals surface area contributed by atoms with Crippen LogP contribution in [0.2, 0.25) is 0 Å². The van der Waals surface area contributed by atoms with E-state index in [1.165, 1.54) is 37.8 Å². The second-order valence-corrected chi connectivity index (χ2v) is 9.54. The first-order valence-electron chi connectivity index (χ1n) is 12.2. The van der Waals surface area contributed by atoms with Gasteiger partial charge in [-0.05, 0) is 36.6 Å². The fourth-order valence-corrected chi connectivity index (χ4v) is 5.44. The first-order valence-corrected chi connectivity index (χ1v) is 12.2. The zero-order valence-corrected chi connectivity index (χ0v) is 19.1. The molecule has 176 valence electrons. The van der Waals surface area contributed by atoms with Crippen LogP contribution in [0.4, 0.5) is 10.1 Å². The van der Waals surface area contributed by atoms with Gasteiger partial charge in [0.05, 0.1) is 0 Å². The Morgan fingerprint density at radius 2 is 1.73 bits per heavy atom. The van der Waals surface area contributed by atoms with Crippen LogP contribution in [0.1, 0.15) is 60.3 Å². The zero-order valence-electron chi connectivity index (χ0n) is 19.1. The average molecular weight is 454 g/mol. The van der Waals surface area contributed by atoms with Crippen LogP contribution in [-0.4, -0.2) is 64.5 Å². The molecule has 1 saturated heterocycles. The largest absolute Gasteiger partial charge is 0.368 e. The highest BCUT2D eigenvalue weighted by Crippen LogP contribution is 2.29. The highest BCUT2D eigenvalue weighted by atomic mass is 19.1. The molecule has 33 heavy (non-hydrogen) atoms. The number of hydrogen-bond donors (Lipinski definition) is 1. The third kappa shape index (κ3) is 4.75. The lowest BCUT2D eigenvalue weighted by Gasteiger charge is -2.36. The van der Waals surface area contributed by atoms with Crippen LogP contribution < -0.4 is 4.90 Å². The minimum Gasteiger partial charge on any atom is -0.368 e. The number of nitrogens with zero attached hydrogens (tertiary/aromatic N) is 4. The van der Waals surface area contributed by atoms with Gasteiger partial charge in [0, 0.05) is 69.1 Å². The summed E-state index contributed by atoms with van der Waals surface area (Å²) in [6, 6.07) is 6.47. The second kappa shape index (κ2) is 9.53. The SMILES string of the molecule is O=C(CCC1CCCC1)N1CCc2[nH]nc(C(=O)N3CCN(c4ccc(F)cc4)CC3)c2C1. The van der Waals surface area contributed by atoms with Gasteiger partial charge < -0.3 is 14.7 Å². The summed E-state index contributed by atoms with van der Waals surface area (Å²) in [5, 5.41) is 7.39. The minimum absolute atomic E-state index is 0.0773. The number of carbonyl (C=O) groups is 2. The fourth-order valence-electron chi connectivity index (χ4n) is 5.44. The molecule has 0 bridgehead atoms. The summed E-state index contributed by atoms with van der Waals surface area (Å²) in [5.41, 5.74) is 3.27. The van der Waals surface area contributed by atoms with Crippen molar-refractivity contribution >= 4 is 17.5 Å². The summed E-state index contributed by atoms with van der Waals surface area (Å²) in [7, 11) is 0. The smallest absolute Gasteiger partial charge is 0.274 e. The van der Waals surface area contributed by atoms with Crippen LogP contribution in [0.5, 0.6) is 0 Å². The van der Waals surface area contributed by atoms with E-state index in [9.17, 15) is 14.0 Å². The third-order valence-electron chi connectivity index (χ3n) is 7.49. The molecular weight excluding hydrogens is 421 g/mol. The number of amides is 2. The van der Waals surface area contributed by atoms with Crippen LogP contribution in [0, 0.1) is 11.7 Å². The maximum absolute atomic E-state index is 13.3. The molecule has 8 heteroatoms. The molecule has 0 unspecified atom stereocenters. The van der Waals surface area contributed by atoms with Crippen molar-refractivity contribution in [3.63, 3.8) is 0 Å². The van der Waals surface area contributed by atoms with Gasteiger partial charge >= 0.3 is 0 Å². The van der Waals surface area contributed by atoms with E-state index >= 15 is 0 Å². The Bertz CT molecular complexity index is 991. The molecule has 1 saturated carbocycles. The quantitative estimate of drug-likeness (QED) is 0.754. The molecule has 1 aromatic carbocycles. The van der Waals surface area contributed by atoms with Crippen LogP contribution in [0.25, 0.3) is 0 Å². The van der Waals surface area contributed by atoms with E-state index in [0.29, 0.717) is 63.7 Å². The van der Waals surface area contributed by atoms with Gasteiger partial charge in [0.25, 0.3) is 5.91 Å². The third-order valence-corrected chi connectivity index (χ3v) is 7.49. The number of nitrogens with one attached hydrogen (secondary N) is 1. The zero-order chi connectivity index (χ0) is 22.8. The van der Waals surface area contributed by atoms with E-state index in [2.05, 4.69) is 15.1 Å². The molecule has 2 amide bonds. The van der Waals surface area contributed by atoms with Crippen molar-refractivity contribution in [2.24, 2.45) is 5.92 Å². The highest BCUT2D eigenvalue weighted by Gasteiger charge is 2.31. The lowest BCUT2D eigenvalue weighted by molar-refractivity contribution is -0.132. The number of hydrogen-bond acceptors (Lipinski definition) is 4. The number of halogens is 1. The predicted molar refractivity (Wildman–Crippen MR) is 123 cm³/mol. The lowest BCUT2D eigenvalue weighted by atomic mass is 10.00. The second-order valence-electron chi connectivity index (χ2n) is 9.54. The molecule has 1 N–H and O–H groups in total. The summed E-state index contributed by atoms with van der Waals surface area (Å²) in [6.45, 7) is 3.70. The lowest BCUT2D eigenvalue weighted by Crippen LogP contribution is -2.49. The number of aromatic amines is 1. The Balaban J connectivity index is 1.19. The Labute approximate surface area is 193 Å². The van der Waals surface area contributed by atoms with E-state index < -0.39 is 0 Å². The van der Waals surface area contributed by atoms with Crippen LogP contribution in [0.15, 0.2) is 24.3 Å². The Kier molecular flexibility index (Phi) is 6.33. The number of piperazine rings is 1. The molecule has 1 aliphatic carbocycles. The molecule has 5 rings (SSSR count). The minimum atomic E-state index is -0.248. The van der Waals surface area contributed by atoms with E-state index in [4.69, 9.17) is 0 Å². The predicted octanol–water partition coefficient (Wildman–Crippen LogP) is 3.37. The topological polar surface area (TPSA) is 72.5 Å². The molecule has 2 aromatic rings. The molecule has 3 aliphatic rings. The number of carbonyl (C=O) groups excluding carboxylic acids is 2. The molecule has 2 aliphatic heterocycles. The molecule has 3 heterocycles.